The zero-order valence-electron chi connectivity index (χ0n) is 14.9. The van der Waals surface area contributed by atoms with E-state index in [0.717, 1.165) is 23.1 Å². The van der Waals surface area contributed by atoms with Crippen LogP contribution in [0.1, 0.15) is 34.2 Å². The van der Waals surface area contributed by atoms with Crippen molar-refractivity contribution in [1.29, 1.82) is 0 Å². The molecule has 2 bridgehead atoms. The lowest BCUT2D eigenvalue weighted by atomic mass is 9.83. The van der Waals surface area contributed by atoms with Crippen molar-refractivity contribution in [3.63, 3.8) is 0 Å². The maximum Gasteiger partial charge on any atom is 0.289 e. The van der Waals surface area contributed by atoms with E-state index in [-0.39, 0.29) is 23.3 Å². The van der Waals surface area contributed by atoms with Gasteiger partial charge in [0.1, 0.15) is 0 Å². The number of hydrogen-bond donors (Lipinski definition) is 0. The van der Waals surface area contributed by atoms with Crippen LogP contribution in [0.5, 0.6) is 0 Å². The van der Waals surface area contributed by atoms with Gasteiger partial charge in [0.05, 0.1) is 5.02 Å². The number of aryl methyl sites for hydroxylation is 1. The van der Waals surface area contributed by atoms with Gasteiger partial charge in [0.25, 0.3) is 11.5 Å². The van der Waals surface area contributed by atoms with Crippen LogP contribution in [0.15, 0.2) is 45.6 Å². The number of fused-ring (bicyclic) bond motifs is 5. The lowest BCUT2D eigenvalue weighted by Gasteiger charge is -2.42. The molecule has 2 aliphatic rings. The number of pyridine rings is 1. The number of halogens is 1. The molecule has 5 nitrogen and oxygen atoms in total. The van der Waals surface area contributed by atoms with E-state index < -0.39 is 0 Å². The van der Waals surface area contributed by atoms with E-state index in [0.29, 0.717) is 36.0 Å². The Morgan fingerprint density at radius 2 is 1.96 bits per heavy atom. The van der Waals surface area contributed by atoms with Gasteiger partial charge in [-0.1, -0.05) is 29.8 Å². The topological polar surface area (TPSA) is 55.5 Å². The minimum absolute atomic E-state index is 0.0461. The van der Waals surface area contributed by atoms with E-state index >= 15 is 0 Å². The number of rotatable bonds is 1. The van der Waals surface area contributed by atoms with Crippen LogP contribution in [0.4, 0.5) is 0 Å². The summed E-state index contributed by atoms with van der Waals surface area (Å²) in [6.45, 7) is 3.80. The van der Waals surface area contributed by atoms with Gasteiger partial charge in [-0.25, -0.2) is 0 Å². The lowest BCUT2D eigenvalue weighted by molar-refractivity contribution is 0.0565. The molecule has 4 heterocycles. The van der Waals surface area contributed by atoms with Crippen molar-refractivity contribution in [2.45, 2.75) is 25.8 Å². The third-order valence-corrected chi connectivity index (χ3v) is 6.17. The largest absolute Gasteiger partial charge is 0.449 e. The fourth-order valence-electron chi connectivity index (χ4n) is 4.62. The molecule has 3 aromatic rings. The molecule has 6 heteroatoms. The highest BCUT2D eigenvalue weighted by Crippen LogP contribution is 2.37. The summed E-state index contributed by atoms with van der Waals surface area (Å²) in [4.78, 5) is 27.3. The third kappa shape index (κ3) is 2.52. The summed E-state index contributed by atoms with van der Waals surface area (Å²) in [6.07, 6.45) is 1.01. The second kappa shape index (κ2) is 5.99. The van der Waals surface area contributed by atoms with E-state index in [9.17, 15) is 9.59 Å². The van der Waals surface area contributed by atoms with Crippen molar-refractivity contribution >= 4 is 28.5 Å². The molecule has 27 heavy (non-hydrogen) atoms. The monoisotopic (exact) mass is 382 g/mol. The van der Waals surface area contributed by atoms with Gasteiger partial charge in [-0.15, -0.1) is 0 Å². The molecule has 0 saturated carbocycles. The van der Waals surface area contributed by atoms with Crippen molar-refractivity contribution in [2.24, 2.45) is 5.92 Å². The summed E-state index contributed by atoms with van der Waals surface area (Å²) < 4.78 is 7.74. The van der Waals surface area contributed by atoms with Crippen LogP contribution in [0.2, 0.25) is 5.02 Å². The van der Waals surface area contributed by atoms with E-state index in [2.05, 4.69) is 0 Å². The molecule has 1 saturated heterocycles. The Labute approximate surface area is 161 Å². The number of para-hydroxylation sites is 1. The second-order valence-corrected chi connectivity index (χ2v) is 7.99. The first-order chi connectivity index (χ1) is 13.0. The Kier molecular flexibility index (Phi) is 3.69. The summed E-state index contributed by atoms with van der Waals surface area (Å²) in [5, 5.41) is 1.39. The quantitative estimate of drug-likeness (QED) is 0.643. The molecule has 1 amide bonds. The molecule has 1 aromatic carbocycles. The zero-order chi connectivity index (χ0) is 18.7. The molecule has 0 aliphatic carbocycles. The highest BCUT2D eigenvalue weighted by molar-refractivity contribution is 6.35. The summed E-state index contributed by atoms with van der Waals surface area (Å²) in [5.74, 6) is 0.738. The standard InChI is InChI=1S/C21H19ClN2O3/c1-12-15-4-2-5-16(22)20(15)27-19(12)21(26)23-9-13-8-14(11-23)17-6-3-7-18(25)24(17)10-13/h2-7,13-14H,8-11H2,1H3. The Bertz CT molecular complexity index is 1130. The van der Waals surface area contributed by atoms with Gasteiger partial charge >= 0.3 is 0 Å². The molecule has 0 N–H and O–H groups in total. The molecule has 5 rings (SSSR count). The van der Waals surface area contributed by atoms with Crippen molar-refractivity contribution < 1.29 is 9.21 Å². The Hall–Kier alpha value is -2.53. The first kappa shape index (κ1) is 16.6. The minimum Gasteiger partial charge on any atom is -0.449 e. The van der Waals surface area contributed by atoms with Crippen LogP contribution in [0, 0.1) is 12.8 Å². The van der Waals surface area contributed by atoms with Gasteiger partial charge in [-0.05, 0) is 31.4 Å². The predicted octanol–water partition coefficient (Wildman–Crippen LogP) is 3.82. The van der Waals surface area contributed by atoms with Gasteiger partial charge in [-0.2, -0.15) is 0 Å². The normalized spacial score (nSPS) is 21.3. The number of carbonyl (C=O) groups excluding carboxylic acids is 1. The summed E-state index contributed by atoms with van der Waals surface area (Å²) in [7, 11) is 0. The van der Waals surface area contributed by atoms with Crippen molar-refractivity contribution in [3.05, 3.63) is 68.8 Å². The van der Waals surface area contributed by atoms with Crippen LogP contribution in [0.25, 0.3) is 11.0 Å². The van der Waals surface area contributed by atoms with E-state index in [4.69, 9.17) is 16.0 Å². The number of nitrogens with zero attached hydrogens (tertiary/aromatic N) is 2. The van der Waals surface area contributed by atoms with Gasteiger partial charge in [0.15, 0.2) is 11.3 Å². The van der Waals surface area contributed by atoms with E-state index in [1.165, 1.54) is 0 Å². The van der Waals surface area contributed by atoms with Gasteiger partial charge in [0, 0.05) is 48.3 Å². The molecular weight excluding hydrogens is 364 g/mol. The fourth-order valence-corrected chi connectivity index (χ4v) is 4.83. The Morgan fingerprint density at radius 3 is 2.78 bits per heavy atom. The molecule has 2 aromatic heterocycles. The Morgan fingerprint density at radius 1 is 1.15 bits per heavy atom. The third-order valence-electron chi connectivity index (χ3n) is 5.88. The van der Waals surface area contributed by atoms with Crippen LogP contribution in [-0.2, 0) is 6.54 Å². The van der Waals surface area contributed by atoms with Crippen molar-refractivity contribution in [1.82, 2.24) is 9.47 Å². The number of furan rings is 1. The first-order valence-corrected chi connectivity index (χ1v) is 9.57. The minimum atomic E-state index is -0.0961. The van der Waals surface area contributed by atoms with E-state index in [1.54, 1.807) is 18.2 Å². The molecule has 138 valence electrons. The maximum absolute atomic E-state index is 13.2. The number of benzene rings is 1. The predicted molar refractivity (Wildman–Crippen MR) is 103 cm³/mol. The van der Waals surface area contributed by atoms with Crippen molar-refractivity contribution in [3.8, 4) is 0 Å². The first-order valence-electron chi connectivity index (χ1n) is 9.19. The highest BCUT2D eigenvalue weighted by Gasteiger charge is 2.37. The average molecular weight is 383 g/mol. The molecule has 0 radical (unpaired) electrons. The summed E-state index contributed by atoms with van der Waals surface area (Å²) >= 11 is 6.23. The van der Waals surface area contributed by atoms with Crippen LogP contribution in [-0.4, -0.2) is 28.5 Å². The van der Waals surface area contributed by atoms with Gasteiger partial charge in [0.2, 0.25) is 0 Å². The molecule has 1 fully saturated rings. The number of amides is 1. The number of likely N-dealkylation sites (tertiary alicyclic amines) is 1. The highest BCUT2D eigenvalue weighted by atomic mass is 35.5. The number of piperidine rings is 1. The average Bonchev–Trinajstić information content (AvgIpc) is 3.00. The summed E-state index contributed by atoms with van der Waals surface area (Å²) in [6, 6.07) is 11.0. The lowest BCUT2D eigenvalue weighted by Crippen LogP contribution is -2.49. The summed E-state index contributed by atoms with van der Waals surface area (Å²) in [5.41, 5.74) is 2.46. The molecular formula is C21H19ClN2O3. The maximum atomic E-state index is 13.2. The molecule has 2 aliphatic heterocycles. The van der Waals surface area contributed by atoms with Gasteiger partial charge in [-0.3, -0.25) is 9.59 Å². The number of carbonyl (C=O) groups is 1. The fraction of sp³-hybridized carbons (Fsp3) is 0.333. The smallest absolute Gasteiger partial charge is 0.289 e. The molecule has 2 atom stereocenters. The second-order valence-electron chi connectivity index (χ2n) is 7.58. The van der Waals surface area contributed by atoms with Gasteiger partial charge < -0.3 is 13.9 Å². The van der Waals surface area contributed by atoms with Crippen LogP contribution >= 0.6 is 11.6 Å². The number of aromatic nitrogens is 1. The van der Waals surface area contributed by atoms with Crippen LogP contribution < -0.4 is 5.56 Å². The van der Waals surface area contributed by atoms with Crippen molar-refractivity contribution in [2.75, 3.05) is 13.1 Å². The number of hydrogen-bond acceptors (Lipinski definition) is 3. The van der Waals surface area contributed by atoms with Crippen LogP contribution in [0.3, 0.4) is 0 Å². The Balaban J connectivity index is 1.50. The van der Waals surface area contributed by atoms with E-state index in [1.807, 2.05) is 34.6 Å². The SMILES string of the molecule is Cc1c(C(=O)N2CC3CC(C2)c2cccc(=O)n2C3)oc2c(Cl)cccc12. The zero-order valence-corrected chi connectivity index (χ0v) is 15.7. The molecule has 0 spiro atoms. The molecule has 2 unspecified atom stereocenters.